The van der Waals surface area contributed by atoms with Crippen molar-refractivity contribution in [3.05, 3.63) is 36.5 Å². The maximum absolute atomic E-state index is 12.8. The summed E-state index contributed by atoms with van der Waals surface area (Å²) in [6.07, 6.45) is 58.7. The number of ether oxygens (including phenoxy) is 3. The molecule has 0 fully saturated rings. The van der Waals surface area contributed by atoms with Crippen molar-refractivity contribution in [3.63, 3.8) is 0 Å². The van der Waals surface area contributed by atoms with Crippen LogP contribution in [0.5, 0.6) is 0 Å². The lowest BCUT2D eigenvalue weighted by atomic mass is 10.0. The fourth-order valence-corrected chi connectivity index (χ4v) is 7.69. The standard InChI is InChI=1S/C55H100O6/c1-4-7-10-13-16-18-20-22-24-26-27-28-30-31-33-35-37-39-42-45-48-54(57)60-51-52(50-59-53(56)47-44-41-15-12-9-6-3)61-55(58)49-46-43-40-38-36-34-32-29-25-23-21-19-17-14-11-8-5-2/h8,11,17,19,23,25,52H,4-7,9-10,12-16,18,20-22,24,26-51H2,1-3H3/b11-8-,19-17-,25-23-. The summed E-state index contributed by atoms with van der Waals surface area (Å²) in [5, 5.41) is 0. The molecule has 0 aliphatic carbocycles. The van der Waals surface area contributed by atoms with Crippen molar-refractivity contribution in [1.29, 1.82) is 0 Å². The van der Waals surface area contributed by atoms with E-state index in [2.05, 4.69) is 57.2 Å². The first-order valence-corrected chi connectivity index (χ1v) is 26.5. The summed E-state index contributed by atoms with van der Waals surface area (Å²) in [5.41, 5.74) is 0. The van der Waals surface area contributed by atoms with Crippen LogP contribution in [0.2, 0.25) is 0 Å². The van der Waals surface area contributed by atoms with Gasteiger partial charge in [0.15, 0.2) is 6.10 Å². The Morgan fingerprint density at radius 1 is 0.344 bits per heavy atom. The number of hydrogen-bond donors (Lipinski definition) is 0. The first-order chi connectivity index (χ1) is 30.0. The number of hydrogen-bond acceptors (Lipinski definition) is 6. The molecule has 0 radical (unpaired) electrons. The zero-order chi connectivity index (χ0) is 44.4. The lowest BCUT2D eigenvalue weighted by molar-refractivity contribution is -0.167. The monoisotopic (exact) mass is 857 g/mol. The quantitative estimate of drug-likeness (QED) is 0.0262. The van der Waals surface area contributed by atoms with Crippen molar-refractivity contribution in [1.82, 2.24) is 0 Å². The van der Waals surface area contributed by atoms with E-state index in [0.29, 0.717) is 19.3 Å². The van der Waals surface area contributed by atoms with Gasteiger partial charge >= 0.3 is 17.9 Å². The molecular formula is C55H100O6. The molecule has 0 amide bonds. The van der Waals surface area contributed by atoms with Gasteiger partial charge in [0, 0.05) is 19.3 Å². The molecule has 0 saturated carbocycles. The van der Waals surface area contributed by atoms with E-state index in [4.69, 9.17) is 14.2 Å². The van der Waals surface area contributed by atoms with Crippen molar-refractivity contribution in [2.75, 3.05) is 13.2 Å². The molecule has 0 spiro atoms. The number of esters is 3. The highest BCUT2D eigenvalue weighted by molar-refractivity contribution is 5.71. The average molecular weight is 857 g/mol. The van der Waals surface area contributed by atoms with E-state index in [1.54, 1.807) is 0 Å². The van der Waals surface area contributed by atoms with E-state index in [1.807, 2.05) is 0 Å². The molecule has 1 unspecified atom stereocenters. The smallest absolute Gasteiger partial charge is 0.306 e. The van der Waals surface area contributed by atoms with Crippen LogP contribution in [-0.2, 0) is 28.6 Å². The van der Waals surface area contributed by atoms with E-state index in [-0.39, 0.29) is 31.1 Å². The molecule has 61 heavy (non-hydrogen) atoms. The predicted molar refractivity (Wildman–Crippen MR) is 261 cm³/mol. The largest absolute Gasteiger partial charge is 0.462 e. The first-order valence-electron chi connectivity index (χ1n) is 26.5. The molecule has 356 valence electrons. The van der Waals surface area contributed by atoms with Gasteiger partial charge in [-0.3, -0.25) is 14.4 Å². The maximum atomic E-state index is 12.8. The Labute approximate surface area is 378 Å². The fourth-order valence-electron chi connectivity index (χ4n) is 7.69. The molecule has 0 bridgehead atoms. The molecule has 0 aromatic carbocycles. The summed E-state index contributed by atoms with van der Waals surface area (Å²) in [5.74, 6) is -0.881. The minimum Gasteiger partial charge on any atom is -0.462 e. The van der Waals surface area contributed by atoms with Gasteiger partial charge in [0.2, 0.25) is 0 Å². The summed E-state index contributed by atoms with van der Waals surface area (Å²) in [6, 6.07) is 0. The Bertz CT molecular complexity index is 1030. The molecule has 0 aliphatic heterocycles. The molecule has 6 nitrogen and oxygen atoms in total. The van der Waals surface area contributed by atoms with Crippen LogP contribution in [-0.4, -0.2) is 37.2 Å². The Kier molecular flexibility index (Phi) is 48.3. The second-order valence-corrected chi connectivity index (χ2v) is 17.8. The second-order valence-electron chi connectivity index (χ2n) is 17.8. The van der Waals surface area contributed by atoms with Crippen LogP contribution in [0, 0.1) is 0 Å². The van der Waals surface area contributed by atoms with E-state index in [9.17, 15) is 14.4 Å². The predicted octanol–water partition coefficient (Wildman–Crippen LogP) is 17.3. The first kappa shape index (κ1) is 58.6. The Morgan fingerprint density at radius 3 is 1.00 bits per heavy atom. The molecule has 0 rings (SSSR count). The Morgan fingerprint density at radius 2 is 0.639 bits per heavy atom. The van der Waals surface area contributed by atoms with Crippen LogP contribution < -0.4 is 0 Å². The molecular weight excluding hydrogens is 757 g/mol. The third-order valence-corrected chi connectivity index (χ3v) is 11.7. The van der Waals surface area contributed by atoms with Crippen LogP contribution in [0.4, 0.5) is 0 Å². The van der Waals surface area contributed by atoms with Gasteiger partial charge in [-0.05, 0) is 51.4 Å². The average Bonchev–Trinajstić information content (AvgIpc) is 3.26. The maximum Gasteiger partial charge on any atom is 0.306 e. The zero-order valence-electron chi connectivity index (χ0n) is 40.7. The van der Waals surface area contributed by atoms with Gasteiger partial charge < -0.3 is 14.2 Å². The van der Waals surface area contributed by atoms with Gasteiger partial charge in [-0.25, -0.2) is 0 Å². The van der Waals surface area contributed by atoms with E-state index in [0.717, 1.165) is 83.5 Å². The van der Waals surface area contributed by atoms with Gasteiger partial charge in [0.05, 0.1) is 0 Å². The van der Waals surface area contributed by atoms with Crippen molar-refractivity contribution >= 4 is 17.9 Å². The molecule has 0 aromatic heterocycles. The van der Waals surface area contributed by atoms with Crippen LogP contribution in [0.1, 0.15) is 278 Å². The lowest BCUT2D eigenvalue weighted by Crippen LogP contribution is -2.30. The van der Waals surface area contributed by atoms with E-state index in [1.165, 1.54) is 154 Å². The minimum absolute atomic E-state index is 0.0728. The Hall–Kier alpha value is -2.37. The summed E-state index contributed by atoms with van der Waals surface area (Å²) in [6.45, 7) is 6.49. The summed E-state index contributed by atoms with van der Waals surface area (Å²) in [4.78, 5) is 37.8. The van der Waals surface area contributed by atoms with Crippen molar-refractivity contribution in [2.24, 2.45) is 0 Å². The third kappa shape index (κ3) is 48.5. The number of carbonyl (C=O) groups excluding carboxylic acids is 3. The SMILES string of the molecule is CC/C=C\C/C=C\C/C=C\CCCCCCCCCC(=O)OC(COC(=O)CCCCCCCC)COC(=O)CCCCCCCCCCCCCCCCCCCCCC. The number of allylic oxidation sites excluding steroid dienone is 6. The fraction of sp³-hybridized carbons (Fsp3) is 0.836. The zero-order valence-corrected chi connectivity index (χ0v) is 40.7. The van der Waals surface area contributed by atoms with Gasteiger partial charge in [0.1, 0.15) is 13.2 Å². The summed E-state index contributed by atoms with van der Waals surface area (Å²) >= 11 is 0. The summed E-state index contributed by atoms with van der Waals surface area (Å²) < 4.78 is 16.7. The highest BCUT2D eigenvalue weighted by atomic mass is 16.6. The molecule has 0 saturated heterocycles. The van der Waals surface area contributed by atoms with Crippen LogP contribution >= 0.6 is 0 Å². The molecule has 0 aromatic rings. The topological polar surface area (TPSA) is 78.9 Å². The number of unbranched alkanes of at least 4 members (excludes halogenated alkanes) is 31. The van der Waals surface area contributed by atoms with E-state index < -0.39 is 6.10 Å². The highest BCUT2D eigenvalue weighted by Gasteiger charge is 2.19. The number of carbonyl (C=O) groups is 3. The van der Waals surface area contributed by atoms with Gasteiger partial charge in [-0.1, -0.05) is 243 Å². The molecule has 0 N–H and O–H groups in total. The minimum atomic E-state index is -0.770. The van der Waals surface area contributed by atoms with Crippen LogP contribution in [0.15, 0.2) is 36.5 Å². The van der Waals surface area contributed by atoms with E-state index >= 15 is 0 Å². The van der Waals surface area contributed by atoms with Gasteiger partial charge in [-0.15, -0.1) is 0 Å². The Balaban J connectivity index is 4.16. The highest BCUT2D eigenvalue weighted by Crippen LogP contribution is 2.16. The molecule has 6 heteroatoms. The third-order valence-electron chi connectivity index (χ3n) is 11.7. The van der Waals surface area contributed by atoms with Crippen molar-refractivity contribution in [2.45, 2.75) is 284 Å². The van der Waals surface area contributed by atoms with Gasteiger partial charge in [0.25, 0.3) is 0 Å². The number of rotatable bonds is 48. The van der Waals surface area contributed by atoms with Crippen molar-refractivity contribution < 1.29 is 28.6 Å². The second kappa shape index (κ2) is 50.3. The lowest BCUT2D eigenvalue weighted by Gasteiger charge is -2.18. The van der Waals surface area contributed by atoms with Crippen molar-refractivity contribution in [3.8, 4) is 0 Å². The molecule has 0 aliphatic rings. The normalized spacial score (nSPS) is 12.2. The van der Waals surface area contributed by atoms with Crippen LogP contribution in [0.25, 0.3) is 0 Å². The van der Waals surface area contributed by atoms with Crippen LogP contribution in [0.3, 0.4) is 0 Å². The van der Waals surface area contributed by atoms with Gasteiger partial charge in [-0.2, -0.15) is 0 Å². The molecule has 0 heterocycles. The molecule has 1 atom stereocenters. The summed E-state index contributed by atoms with van der Waals surface area (Å²) in [7, 11) is 0.